The second-order valence-electron chi connectivity index (χ2n) is 8.16. The van der Waals surface area contributed by atoms with Gasteiger partial charge in [0.1, 0.15) is 11.6 Å². The van der Waals surface area contributed by atoms with E-state index in [0.717, 1.165) is 5.56 Å². The highest BCUT2D eigenvalue weighted by Gasteiger charge is 2.47. The molecule has 1 amide bonds. The Hall–Kier alpha value is -3.80. The topological polar surface area (TPSA) is 70.5 Å². The number of hydrogen-bond donors (Lipinski definition) is 1. The molecule has 1 fully saturated rings. The smallest absolute Gasteiger partial charge is 0.300 e. The van der Waals surface area contributed by atoms with E-state index >= 15 is 0 Å². The van der Waals surface area contributed by atoms with E-state index in [2.05, 4.69) is 18.8 Å². The third-order valence-corrected chi connectivity index (χ3v) is 5.74. The van der Waals surface area contributed by atoms with Crippen LogP contribution in [0.2, 0.25) is 0 Å². The molecule has 0 spiro atoms. The first kappa shape index (κ1) is 21.4. The zero-order valence-electron chi connectivity index (χ0n) is 18.0. The summed E-state index contributed by atoms with van der Waals surface area (Å²) >= 11 is 0. The van der Waals surface area contributed by atoms with Crippen LogP contribution in [-0.2, 0) is 9.59 Å². The predicted octanol–water partition coefficient (Wildman–Crippen LogP) is 5.28. The summed E-state index contributed by atoms with van der Waals surface area (Å²) in [5, 5.41) is 11.1. The SMILES string of the molecule is Cc1cc(/C(O)=C2/C(=O)C(=O)N(c3ccc(C(C)C)cc3)C2c2ccncc2)ccc1F. The molecule has 1 saturated heterocycles. The second-order valence-corrected chi connectivity index (χ2v) is 8.16. The molecule has 3 aromatic rings. The fraction of sp³-hybridized carbons (Fsp3) is 0.192. The number of pyridine rings is 1. The molecule has 0 bridgehead atoms. The van der Waals surface area contributed by atoms with Crippen LogP contribution in [0.3, 0.4) is 0 Å². The Morgan fingerprint density at radius 3 is 2.28 bits per heavy atom. The van der Waals surface area contributed by atoms with E-state index in [1.807, 2.05) is 12.1 Å². The van der Waals surface area contributed by atoms with Gasteiger partial charge in [0.25, 0.3) is 11.7 Å². The van der Waals surface area contributed by atoms with Crippen molar-refractivity contribution in [3.05, 3.63) is 101 Å². The van der Waals surface area contributed by atoms with Gasteiger partial charge in [-0.1, -0.05) is 26.0 Å². The number of hydrogen-bond acceptors (Lipinski definition) is 4. The first-order valence-corrected chi connectivity index (χ1v) is 10.4. The minimum absolute atomic E-state index is 0.0415. The lowest BCUT2D eigenvalue weighted by Gasteiger charge is -2.25. The molecule has 0 saturated carbocycles. The molecule has 1 N–H and O–H groups in total. The van der Waals surface area contributed by atoms with E-state index in [1.165, 1.54) is 23.1 Å². The minimum Gasteiger partial charge on any atom is -0.507 e. The first-order valence-electron chi connectivity index (χ1n) is 10.4. The zero-order valence-corrected chi connectivity index (χ0v) is 18.0. The van der Waals surface area contributed by atoms with Gasteiger partial charge in [-0.25, -0.2) is 4.39 Å². The Kier molecular flexibility index (Phi) is 5.61. The largest absolute Gasteiger partial charge is 0.507 e. The molecule has 1 aliphatic rings. The van der Waals surface area contributed by atoms with Gasteiger partial charge in [0.2, 0.25) is 0 Å². The summed E-state index contributed by atoms with van der Waals surface area (Å²) in [6.07, 6.45) is 3.14. The number of aryl methyl sites for hydroxylation is 1. The van der Waals surface area contributed by atoms with Crippen LogP contribution in [0.4, 0.5) is 10.1 Å². The Morgan fingerprint density at radius 1 is 1.03 bits per heavy atom. The van der Waals surface area contributed by atoms with E-state index in [0.29, 0.717) is 22.7 Å². The number of aliphatic hydroxyl groups is 1. The lowest BCUT2D eigenvalue weighted by Crippen LogP contribution is -2.29. The highest BCUT2D eigenvalue weighted by molar-refractivity contribution is 6.51. The Balaban J connectivity index is 1.90. The molecule has 0 radical (unpaired) electrons. The Labute approximate surface area is 185 Å². The fourth-order valence-electron chi connectivity index (χ4n) is 3.93. The number of Topliss-reactive ketones (excluding diaryl/α,β-unsaturated/α-hetero) is 1. The molecular weight excluding hydrogens is 407 g/mol. The molecule has 162 valence electrons. The van der Waals surface area contributed by atoms with Gasteiger partial charge >= 0.3 is 0 Å². The number of carbonyl (C=O) groups excluding carboxylic acids is 2. The van der Waals surface area contributed by atoms with Crippen molar-refractivity contribution in [2.45, 2.75) is 32.7 Å². The quantitative estimate of drug-likeness (QED) is 0.347. The van der Waals surface area contributed by atoms with Gasteiger partial charge in [-0.05, 0) is 72.0 Å². The molecule has 1 unspecified atom stereocenters. The Morgan fingerprint density at radius 2 is 1.69 bits per heavy atom. The summed E-state index contributed by atoms with van der Waals surface area (Å²) in [6.45, 7) is 5.72. The van der Waals surface area contributed by atoms with Crippen molar-refractivity contribution in [2.75, 3.05) is 4.90 Å². The number of amides is 1. The van der Waals surface area contributed by atoms with Crippen molar-refractivity contribution in [1.29, 1.82) is 0 Å². The van der Waals surface area contributed by atoms with Crippen molar-refractivity contribution < 1.29 is 19.1 Å². The standard InChI is InChI=1S/C26H23FN2O3/c1-15(2)17-4-7-20(8-5-17)29-23(18-10-12-28-13-11-18)22(25(31)26(29)32)24(30)19-6-9-21(27)16(3)14-19/h4-15,23,30H,1-3H3/b24-22-. The Bertz CT molecular complexity index is 1220. The highest BCUT2D eigenvalue weighted by atomic mass is 19.1. The monoisotopic (exact) mass is 430 g/mol. The molecule has 32 heavy (non-hydrogen) atoms. The van der Waals surface area contributed by atoms with Crippen LogP contribution in [0.1, 0.15) is 48.1 Å². The highest BCUT2D eigenvalue weighted by Crippen LogP contribution is 2.42. The van der Waals surface area contributed by atoms with Crippen molar-refractivity contribution in [1.82, 2.24) is 4.98 Å². The summed E-state index contributed by atoms with van der Waals surface area (Å²) in [7, 11) is 0. The maximum Gasteiger partial charge on any atom is 0.300 e. The molecule has 4 rings (SSSR count). The first-order chi connectivity index (χ1) is 15.3. The average molecular weight is 430 g/mol. The van der Waals surface area contributed by atoms with E-state index in [-0.39, 0.29) is 16.9 Å². The third-order valence-electron chi connectivity index (χ3n) is 5.74. The van der Waals surface area contributed by atoms with Crippen LogP contribution in [0.25, 0.3) is 5.76 Å². The van der Waals surface area contributed by atoms with Gasteiger partial charge in [0.15, 0.2) is 0 Å². The van der Waals surface area contributed by atoms with Crippen LogP contribution in [0.5, 0.6) is 0 Å². The number of benzene rings is 2. The molecule has 2 aromatic carbocycles. The van der Waals surface area contributed by atoms with Gasteiger partial charge in [-0.15, -0.1) is 0 Å². The third kappa shape index (κ3) is 3.68. The number of aliphatic hydroxyl groups excluding tert-OH is 1. The number of halogens is 1. The van der Waals surface area contributed by atoms with Crippen molar-refractivity contribution >= 4 is 23.1 Å². The summed E-state index contributed by atoms with van der Waals surface area (Å²) in [4.78, 5) is 31.7. The van der Waals surface area contributed by atoms with Crippen molar-refractivity contribution in [3.63, 3.8) is 0 Å². The number of rotatable bonds is 4. The molecule has 1 aromatic heterocycles. The summed E-state index contributed by atoms with van der Waals surface area (Å²) in [5.41, 5.74) is 2.84. The van der Waals surface area contributed by atoms with Gasteiger partial charge in [0, 0.05) is 23.6 Å². The lowest BCUT2D eigenvalue weighted by molar-refractivity contribution is -0.132. The summed E-state index contributed by atoms with van der Waals surface area (Å²) in [5.74, 6) is -1.96. The molecular formula is C26H23FN2O3. The maximum atomic E-state index is 13.8. The van der Waals surface area contributed by atoms with Crippen LogP contribution in [0.15, 0.2) is 72.6 Å². The summed E-state index contributed by atoms with van der Waals surface area (Å²) < 4.78 is 13.8. The zero-order chi connectivity index (χ0) is 23.0. The predicted molar refractivity (Wildman–Crippen MR) is 121 cm³/mol. The average Bonchev–Trinajstić information content (AvgIpc) is 3.06. The molecule has 5 nitrogen and oxygen atoms in total. The van der Waals surface area contributed by atoms with E-state index < -0.39 is 23.5 Å². The molecule has 0 aliphatic carbocycles. The number of ketones is 1. The van der Waals surface area contributed by atoms with E-state index in [9.17, 15) is 19.1 Å². The molecule has 1 aliphatic heterocycles. The number of anilines is 1. The lowest BCUT2D eigenvalue weighted by atomic mass is 9.95. The van der Waals surface area contributed by atoms with Crippen LogP contribution in [-0.4, -0.2) is 21.8 Å². The van der Waals surface area contributed by atoms with Crippen LogP contribution in [0, 0.1) is 12.7 Å². The normalized spacial score (nSPS) is 17.9. The van der Waals surface area contributed by atoms with Gasteiger partial charge in [-0.3, -0.25) is 19.5 Å². The van der Waals surface area contributed by atoms with Crippen molar-refractivity contribution in [3.8, 4) is 0 Å². The van der Waals surface area contributed by atoms with E-state index in [1.54, 1.807) is 43.6 Å². The van der Waals surface area contributed by atoms with Gasteiger partial charge in [-0.2, -0.15) is 0 Å². The maximum absolute atomic E-state index is 13.8. The molecule has 2 heterocycles. The van der Waals surface area contributed by atoms with Crippen LogP contribution >= 0.6 is 0 Å². The summed E-state index contributed by atoms with van der Waals surface area (Å²) in [6, 6.07) is 14.1. The minimum atomic E-state index is -0.840. The van der Waals surface area contributed by atoms with E-state index in [4.69, 9.17) is 0 Å². The van der Waals surface area contributed by atoms with Gasteiger partial charge in [0.05, 0.1) is 11.6 Å². The fourth-order valence-corrected chi connectivity index (χ4v) is 3.93. The molecule has 6 heteroatoms. The number of nitrogens with zero attached hydrogens (tertiary/aromatic N) is 2. The number of carbonyl (C=O) groups is 2. The second kappa shape index (κ2) is 8.38. The molecule has 1 atom stereocenters. The van der Waals surface area contributed by atoms with Crippen molar-refractivity contribution in [2.24, 2.45) is 0 Å². The van der Waals surface area contributed by atoms with Crippen LogP contribution < -0.4 is 4.90 Å². The van der Waals surface area contributed by atoms with Gasteiger partial charge < -0.3 is 5.11 Å². The number of aromatic nitrogens is 1.